The van der Waals surface area contributed by atoms with Crippen LogP contribution in [0.2, 0.25) is 5.02 Å². The van der Waals surface area contributed by atoms with Crippen LogP contribution in [-0.2, 0) is 29.7 Å². The van der Waals surface area contributed by atoms with Crippen LogP contribution in [0.25, 0.3) is 11.2 Å². The van der Waals surface area contributed by atoms with E-state index in [-0.39, 0.29) is 18.5 Å². The topological polar surface area (TPSA) is 107 Å². The highest BCUT2D eigenvalue weighted by Crippen LogP contribution is 2.33. The van der Waals surface area contributed by atoms with E-state index in [1.807, 2.05) is 28.8 Å². The Balaban J connectivity index is 1.50. The predicted octanol–water partition coefficient (Wildman–Crippen LogP) is 0.255. The van der Waals surface area contributed by atoms with E-state index in [2.05, 4.69) is 10.2 Å². The zero-order valence-electron chi connectivity index (χ0n) is 20.7. The lowest BCUT2D eigenvalue weighted by Gasteiger charge is -2.27. The Morgan fingerprint density at radius 3 is 2.70 bits per heavy atom. The van der Waals surface area contributed by atoms with Crippen molar-refractivity contribution in [3.8, 4) is 0 Å². The molecule has 0 saturated carbocycles. The molecule has 2 unspecified atom stereocenters. The first-order chi connectivity index (χ1) is 17.9. The van der Waals surface area contributed by atoms with Gasteiger partial charge >= 0.3 is 5.69 Å². The van der Waals surface area contributed by atoms with Crippen LogP contribution in [0, 0.1) is 5.92 Å². The minimum absolute atomic E-state index is 0.268. The standard InChI is InChI=1S/C25H30ClN7O4/c1-29-22-21(23(35)33(25(29)36)15-20(34)30-8-10-37-11-9-30)32(14-17-4-2-3-5-18(17)26)24(28-22)31-7-6-16-12-27-13-19(16)31/h2-5,16,19,27H,6-15H2,1H3. The quantitative estimate of drug-likeness (QED) is 0.507. The molecule has 0 bridgehead atoms. The molecule has 3 aliphatic rings. The highest BCUT2D eigenvalue weighted by molar-refractivity contribution is 6.31. The lowest BCUT2D eigenvalue weighted by Crippen LogP contribution is -2.47. The SMILES string of the molecule is Cn1c(=O)n(CC(=O)N2CCOCC2)c(=O)c2c1nc(N1CCC3CNCC31)n2Cc1ccccc1Cl. The number of rotatable bonds is 5. The van der Waals surface area contributed by atoms with Gasteiger partial charge in [-0.3, -0.25) is 18.7 Å². The number of carbonyl (C=O) groups is 1. The second-order valence-electron chi connectivity index (χ2n) is 9.96. The number of anilines is 1. The van der Waals surface area contributed by atoms with E-state index in [0.29, 0.717) is 60.9 Å². The molecule has 1 aromatic carbocycles. The van der Waals surface area contributed by atoms with Crippen molar-refractivity contribution >= 4 is 34.6 Å². The second-order valence-corrected chi connectivity index (χ2v) is 10.4. The average molecular weight is 528 g/mol. The largest absolute Gasteiger partial charge is 0.378 e. The maximum atomic E-state index is 13.9. The molecule has 6 rings (SSSR count). The molecule has 11 nitrogen and oxygen atoms in total. The first-order valence-corrected chi connectivity index (χ1v) is 13.1. The number of imidazole rings is 1. The maximum absolute atomic E-state index is 13.9. The fraction of sp³-hybridized carbons (Fsp3) is 0.520. The number of ether oxygens (including phenoxy) is 1. The van der Waals surface area contributed by atoms with Gasteiger partial charge in [-0.1, -0.05) is 29.8 Å². The smallest absolute Gasteiger partial charge is 0.332 e. The molecule has 1 amide bonds. The Labute approximate surface area is 218 Å². The number of hydrogen-bond donors (Lipinski definition) is 1. The molecule has 3 aliphatic heterocycles. The third-order valence-electron chi connectivity index (χ3n) is 7.86. The first-order valence-electron chi connectivity index (χ1n) is 12.7. The van der Waals surface area contributed by atoms with Gasteiger partial charge in [-0.15, -0.1) is 0 Å². The minimum atomic E-state index is -0.560. The van der Waals surface area contributed by atoms with Crippen LogP contribution in [0.1, 0.15) is 12.0 Å². The van der Waals surface area contributed by atoms with Crippen molar-refractivity contribution < 1.29 is 9.53 Å². The average Bonchev–Trinajstić information content (AvgIpc) is 3.62. The summed E-state index contributed by atoms with van der Waals surface area (Å²) in [6.07, 6.45) is 1.03. The number of carbonyl (C=O) groups excluding carboxylic acids is 1. The molecule has 3 aromatic rings. The van der Waals surface area contributed by atoms with Gasteiger partial charge in [0.25, 0.3) is 5.56 Å². The number of nitrogens with one attached hydrogen (secondary N) is 1. The Hall–Kier alpha value is -3.15. The fourth-order valence-corrected chi connectivity index (χ4v) is 6.01. The summed E-state index contributed by atoms with van der Waals surface area (Å²) in [5, 5.41) is 4.05. The van der Waals surface area contributed by atoms with Gasteiger partial charge < -0.3 is 19.9 Å². The number of hydrogen-bond acceptors (Lipinski definition) is 7. The van der Waals surface area contributed by atoms with Gasteiger partial charge in [-0.25, -0.2) is 9.36 Å². The fourth-order valence-electron chi connectivity index (χ4n) is 5.81. The Kier molecular flexibility index (Phi) is 6.29. The van der Waals surface area contributed by atoms with Gasteiger partial charge in [-0.2, -0.15) is 4.98 Å². The first kappa shape index (κ1) is 24.2. The molecule has 0 aliphatic carbocycles. The van der Waals surface area contributed by atoms with Crippen LogP contribution in [0.15, 0.2) is 33.9 Å². The highest BCUT2D eigenvalue weighted by Gasteiger charge is 2.40. The van der Waals surface area contributed by atoms with Crippen LogP contribution in [-0.4, -0.2) is 81.5 Å². The Morgan fingerprint density at radius 2 is 1.92 bits per heavy atom. The maximum Gasteiger partial charge on any atom is 0.332 e. The van der Waals surface area contributed by atoms with Crippen LogP contribution in [0.5, 0.6) is 0 Å². The van der Waals surface area contributed by atoms with Crippen LogP contribution < -0.4 is 21.5 Å². The second kappa shape index (κ2) is 9.62. The summed E-state index contributed by atoms with van der Waals surface area (Å²) in [6.45, 7) is 4.38. The third-order valence-corrected chi connectivity index (χ3v) is 8.23. The van der Waals surface area contributed by atoms with E-state index >= 15 is 0 Å². The van der Waals surface area contributed by atoms with E-state index in [1.165, 1.54) is 4.57 Å². The van der Waals surface area contributed by atoms with E-state index < -0.39 is 11.2 Å². The zero-order valence-corrected chi connectivity index (χ0v) is 21.5. The summed E-state index contributed by atoms with van der Waals surface area (Å²) in [5.74, 6) is 0.884. The number of aromatic nitrogens is 4. The predicted molar refractivity (Wildman–Crippen MR) is 139 cm³/mol. The van der Waals surface area contributed by atoms with Gasteiger partial charge in [-0.05, 0) is 24.0 Å². The summed E-state index contributed by atoms with van der Waals surface area (Å²) in [6, 6.07) is 7.77. The summed E-state index contributed by atoms with van der Waals surface area (Å²) in [5.41, 5.74) is 0.359. The number of amides is 1. The molecule has 1 N–H and O–H groups in total. The summed E-state index contributed by atoms with van der Waals surface area (Å²) < 4.78 is 9.60. The number of halogens is 1. The van der Waals surface area contributed by atoms with Crippen molar-refractivity contribution in [2.75, 3.05) is 50.8 Å². The van der Waals surface area contributed by atoms with Crippen molar-refractivity contribution in [2.24, 2.45) is 13.0 Å². The molecule has 3 fully saturated rings. The summed E-state index contributed by atoms with van der Waals surface area (Å²) >= 11 is 6.52. The molecule has 2 atom stereocenters. The molecule has 37 heavy (non-hydrogen) atoms. The van der Waals surface area contributed by atoms with Crippen LogP contribution >= 0.6 is 11.6 Å². The summed E-state index contributed by atoms with van der Waals surface area (Å²) in [7, 11) is 1.60. The van der Waals surface area contributed by atoms with Crippen molar-refractivity contribution in [3.05, 3.63) is 55.7 Å². The molecule has 0 radical (unpaired) electrons. The monoisotopic (exact) mass is 527 g/mol. The van der Waals surface area contributed by atoms with Gasteiger partial charge in [0.15, 0.2) is 11.2 Å². The normalized spacial score (nSPS) is 21.7. The number of fused-ring (bicyclic) bond motifs is 2. The van der Waals surface area contributed by atoms with Crippen molar-refractivity contribution in [1.82, 2.24) is 28.9 Å². The van der Waals surface area contributed by atoms with Crippen LogP contribution in [0.3, 0.4) is 0 Å². The molecular formula is C25H30ClN7O4. The lowest BCUT2D eigenvalue weighted by molar-refractivity contribution is -0.136. The van der Waals surface area contributed by atoms with Crippen LogP contribution in [0.4, 0.5) is 5.95 Å². The number of benzene rings is 1. The zero-order chi connectivity index (χ0) is 25.7. The Morgan fingerprint density at radius 1 is 1.14 bits per heavy atom. The molecule has 3 saturated heterocycles. The Bertz CT molecular complexity index is 1470. The highest BCUT2D eigenvalue weighted by atomic mass is 35.5. The summed E-state index contributed by atoms with van der Waals surface area (Å²) in [4.78, 5) is 48.9. The van der Waals surface area contributed by atoms with E-state index in [4.69, 9.17) is 21.3 Å². The molecule has 196 valence electrons. The van der Waals surface area contributed by atoms with Crippen molar-refractivity contribution in [2.45, 2.75) is 25.6 Å². The molecule has 2 aromatic heterocycles. The number of aryl methyl sites for hydroxylation is 1. The molecule has 12 heteroatoms. The minimum Gasteiger partial charge on any atom is -0.378 e. The van der Waals surface area contributed by atoms with Gasteiger partial charge in [0.05, 0.1) is 19.8 Å². The van der Waals surface area contributed by atoms with Gasteiger partial charge in [0, 0.05) is 50.8 Å². The van der Waals surface area contributed by atoms with E-state index in [1.54, 1.807) is 11.9 Å². The molecule has 5 heterocycles. The van der Waals surface area contributed by atoms with Gasteiger partial charge in [0.2, 0.25) is 11.9 Å². The van der Waals surface area contributed by atoms with E-state index in [0.717, 1.165) is 36.2 Å². The number of nitrogens with zero attached hydrogens (tertiary/aromatic N) is 6. The molecular weight excluding hydrogens is 498 g/mol. The van der Waals surface area contributed by atoms with Crippen molar-refractivity contribution in [3.63, 3.8) is 0 Å². The third kappa shape index (κ3) is 4.14. The number of morpholine rings is 1. The lowest BCUT2D eigenvalue weighted by atomic mass is 10.1. The van der Waals surface area contributed by atoms with Crippen molar-refractivity contribution in [1.29, 1.82) is 0 Å². The molecule has 0 spiro atoms. The van der Waals surface area contributed by atoms with Gasteiger partial charge in [0.1, 0.15) is 6.54 Å². The van der Waals surface area contributed by atoms with E-state index in [9.17, 15) is 14.4 Å².